The molecule has 38 heavy (non-hydrogen) atoms. The zero-order valence-corrected chi connectivity index (χ0v) is 23.5. The molecule has 1 heterocycles. The van der Waals surface area contributed by atoms with Crippen molar-refractivity contribution < 1.29 is 29.0 Å². The number of nitrogens with zero attached hydrogens (tertiary/aromatic N) is 1. The SMILES string of the molecule is CCCCNC(=O)[C@H](C)C[C@H](O)[C@@H](N)CC(C)(C)CC(=O)N1CC(C(=O)NCCOC)Oc2ccccc21. The number of carbonyl (C=O) groups is 3. The lowest BCUT2D eigenvalue weighted by molar-refractivity contribution is -0.129. The molecule has 0 aromatic heterocycles. The van der Waals surface area contributed by atoms with Gasteiger partial charge in [-0.05, 0) is 36.8 Å². The van der Waals surface area contributed by atoms with Crippen molar-refractivity contribution in [1.82, 2.24) is 10.6 Å². The number of nitrogens with one attached hydrogen (secondary N) is 2. The van der Waals surface area contributed by atoms with Gasteiger partial charge in [-0.15, -0.1) is 0 Å². The highest BCUT2D eigenvalue weighted by molar-refractivity contribution is 5.97. The molecule has 0 saturated heterocycles. The zero-order valence-electron chi connectivity index (χ0n) is 23.5. The minimum atomic E-state index is -0.874. The number of methoxy groups -OCH3 is 1. The predicted molar refractivity (Wildman–Crippen MR) is 147 cm³/mol. The van der Waals surface area contributed by atoms with E-state index in [0.29, 0.717) is 37.6 Å². The van der Waals surface area contributed by atoms with Crippen molar-refractivity contribution in [2.75, 3.05) is 38.3 Å². The van der Waals surface area contributed by atoms with Crippen LogP contribution in [0.3, 0.4) is 0 Å². The molecule has 0 spiro atoms. The van der Waals surface area contributed by atoms with E-state index >= 15 is 0 Å². The maximum absolute atomic E-state index is 13.5. The Morgan fingerprint density at radius 1 is 1.24 bits per heavy atom. The normalized spacial score (nSPS) is 17.6. The number of aliphatic hydroxyl groups is 1. The summed E-state index contributed by atoms with van der Waals surface area (Å²) in [6.07, 6.45) is 0.983. The van der Waals surface area contributed by atoms with Crippen LogP contribution < -0.4 is 26.0 Å². The standard InChI is InChI=1S/C28H46N4O6/c1-6-7-12-30-26(35)19(2)15-22(33)20(29)16-28(3,4)17-25(34)32-18-24(27(36)31-13-14-37-5)38-23-11-9-8-10-21(23)32/h8-11,19-20,22,24,33H,6-7,12-18,29H2,1-5H3,(H,30,35)(H,31,36)/t19-,20+,22+,24?/m1/s1. The minimum Gasteiger partial charge on any atom is -0.477 e. The Bertz CT molecular complexity index is 924. The first-order valence-corrected chi connectivity index (χ1v) is 13.5. The molecular formula is C28H46N4O6. The fourth-order valence-electron chi connectivity index (χ4n) is 4.55. The number of amides is 3. The lowest BCUT2D eigenvalue weighted by Gasteiger charge is -2.37. The average molecular weight is 535 g/mol. The summed E-state index contributed by atoms with van der Waals surface area (Å²) in [6.45, 7) is 9.13. The van der Waals surface area contributed by atoms with E-state index in [1.165, 1.54) is 0 Å². The van der Waals surface area contributed by atoms with E-state index in [0.717, 1.165) is 12.8 Å². The van der Waals surface area contributed by atoms with Crippen LogP contribution in [0.25, 0.3) is 0 Å². The second kappa shape index (κ2) is 15.0. The van der Waals surface area contributed by atoms with Crippen LogP contribution in [0.1, 0.15) is 59.8 Å². The van der Waals surface area contributed by atoms with Gasteiger partial charge in [0.05, 0.1) is 24.9 Å². The number of anilines is 1. The highest BCUT2D eigenvalue weighted by Gasteiger charge is 2.36. The van der Waals surface area contributed by atoms with Gasteiger partial charge in [-0.1, -0.05) is 46.2 Å². The topological polar surface area (TPSA) is 143 Å². The Labute approximate surface area is 226 Å². The van der Waals surface area contributed by atoms with Gasteiger partial charge in [0.25, 0.3) is 5.91 Å². The molecule has 214 valence electrons. The maximum atomic E-state index is 13.5. The fraction of sp³-hybridized carbons (Fsp3) is 0.679. The van der Waals surface area contributed by atoms with Crippen molar-refractivity contribution in [2.45, 2.75) is 78.0 Å². The van der Waals surface area contributed by atoms with Crippen molar-refractivity contribution in [1.29, 1.82) is 0 Å². The molecule has 1 aliphatic rings. The van der Waals surface area contributed by atoms with Gasteiger partial charge in [-0.3, -0.25) is 14.4 Å². The summed E-state index contributed by atoms with van der Waals surface area (Å²) in [7, 11) is 1.55. The summed E-state index contributed by atoms with van der Waals surface area (Å²) in [4.78, 5) is 40.0. The lowest BCUT2D eigenvalue weighted by atomic mass is 9.80. The predicted octanol–water partition coefficient (Wildman–Crippen LogP) is 1.98. The van der Waals surface area contributed by atoms with Crippen LogP contribution in [0, 0.1) is 11.3 Å². The third kappa shape index (κ3) is 9.56. The molecule has 1 aliphatic heterocycles. The van der Waals surface area contributed by atoms with Gasteiger partial charge in [0.1, 0.15) is 5.75 Å². The number of ether oxygens (including phenoxy) is 2. The van der Waals surface area contributed by atoms with Crippen LogP contribution in [-0.4, -0.2) is 74.4 Å². The van der Waals surface area contributed by atoms with Crippen molar-refractivity contribution >= 4 is 23.4 Å². The van der Waals surface area contributed by atoms with Crippen molar-refractivity contribution in [3.63, 3.8) is 0 Å². The summed E-state index contributed by atoms with van der Waals surface area (Å²) in [5.41, 5.74) is 6.41. The average Bonchev–Trinajstić information content (AvgIpc) is 2.87. The Morgan fingerprint density at radius 3 is 2.63 bits per heavy atom. The lowest BCUT2D eigenvalue weighted by Crippen LogP contribution is -2.52. The summed E-state index contributed by atoms with van der Waals surface area (Å²) in [5, 5.41) is 16.4. The monoisotopic (exact) mass is 534 g/mol. The number of benzene rings is 1. The van der Waals surface area contributed by atoms with E-state index in [-0.39, 0.29) is 43.0 Å². The van der Waals surface area contributed by atoms with Crippen molar-refractivity contribution in [3.8, 4) is 5.75 Å². The number of fused-ring (bicyclic) bond motifs is 1. The van der Waals surface area contributed by atoms with E-state index in [2.05, 4.69) is 17.6 Å². The number of hydrogen-bond acceptors (Lipinski definition) is 7. The summed E-state index contributed by atoms with van der Waals surface area (Å²) >= 11 is 0. The molecule has 0 radical (unpaired) electrons. The molecule has 5 N–H and O–H groups in total. The molecule has 4 atom stereocenters. The summed E-state index contributed by atoms with van der Waals surface area (Å²) < 4.78 is 10.9. The molecule has 10 heteroatoms. The summed E-state index contributed by atoms with van der Waals surface area (Å²) in [5.74, 6) is -0.465. The molecule has 1 aromatic carbocycles. The smallest absolute Gasteiger partial charge is 0.263 e. The molecule has 2 rings (SSSR count). The van der Waals surface area contributed by atoms with Crippen LogP contribution in [0.4, 0.5) is 5.69 Å². The Hall–Kier alpha value is -2.69. The number of rotatable bonds is 15. The molecule has 0 saturated carbocycles. The van der Waals surface area contributed by atoms with Gasteiger partial charge in [0.15, 0.2) is 6.10 Å². The molecule has 0 aliphatic carbocycles. The number of unbranched alkanes of at least 4 members (excludes halogenated alkanes) is 1. The third-order valence-corrected chi connectivity index (χ3v) is 6.76. The third-order valence-electron chi connectivity index (χ3n) is 6.76. The first kappa shape index (κ1) is 31.5. The van der Waals surface area contributed by atoms with Crippen molar-refractivity contribution in [3.05, 3.63) is 24.3 Å². The zero-order chi connectivity index (χ0) is 28.3. The van der Waals surface area contributed by atoms with Crippen LogP contribution in [0.2, 0.25) is 0 Å². The number of aliphatic hydroxyl groups excluding tert-OH is 1. The van der Waals surface area contributed by atoms with Gasteiger partial charge in [0, 0.05) is 38.6 Å². The number of para-hydroxylation sites is 2. The Balaban J connectivity index is 2.00. The van der Waals surface area contributed by atoms with Crippen LogP contribution in [-0.2, 0) is 19.1 Å². The first-order chi connectivity index (χ1) is 18.0. The molecule has 0 fully saturated rings. The first-order valence-electron chi connectivity index (χ1n) is 13.5. The molecule has 10 nitrogen and oxygen atoms in total. The van der Waals surface area contributed by atoms with E-state index in [4.69, 9.17) is 15.2 Å². The molecule has 1 unspecified atom stereocenters. The second-order valence-electron chi connectivity index (χ2n) is 10.9. The van der Waals surface area contributed by atoms with Gasteiger partial charge in [-0.25, -0.2) is 0 Å². The van der Waals surface area contributed by atoms with Crippen LogP contribution in [0.15, 0.2) is 24.3 Å². The van der Waals surface area contributed by atoms with Gasteiger partial charge in [0.2, 0.25) is 11.8 Å². The van der Waals surface area contributed by atoms with E-state index in [1.807, 2.05) is 19.9 Å². The van der Waals surface area contributed by atoms with E-state index in [9.17, 15) is 19.5 Å². The Morgan fingerprint density at radius 2 is 1.95 bits per heavy atom. The fourth-order valence-corrected chi connectivity index (χ4v) is 4.55. The highest BCUT2D eigenvalue weighted by Crippen LogP contribution is 2.36. The van der Waals surface area contributed by atoms with Gasteiger partial charge >= 0.3 is 0 Å². The second-order valence-corrected chi connectivity index (χ2v) is 10.9. The van der Waals surface area contributed by atoms with Crippen molar-refractivity contribution in [2.24, 2.45) is 17.1 Å². The highest BCUT2D eigenvalue weighted by atomic mass is 16.5. The summed E-state index contributed by atoms with van der Waals surface area (Å²) in [6, 6.07) is 6.55. The molecule has 1 aromatic rings. The number of hydrogen-bond donors (Lipinski definition) is 4. The van der Waals surface area contributed by atoms with E-state index < -0.39 is 23.7 Å². The quantitative estimate of drug-likeness (QED) is 0.252. The van der Waals surface area contributed by atoms with Gasteiger partial charge < -0.3 is 35.8 Å². The molecular weight excluding hydrogens is 488 g/mol. The Kier molecular flexibility index (Phi) is 12.5. The van der Waals surface area contributed by atoms with Gasteiger partial charge in [-0.2, -0.15) is 0 Å². The van der Waals surface area contributed by atoms with Crippen LogP contribution in [0.5, 0.6) is 5.75 Å². The van der Waals surface area contributed by atoms with Crippen LogP contribution >= 0.6 is 0 Å². The molecule has 0 bridgehead atoms. The maximum Gasteiger partial charge on any atom is 0.263 e. The minimum absolute atomic E-state index is 0.0874. The van der Waals surface area contributed by atoms with E-state index in [1.54, 1.807) is 37.1 Å². The largest absolute Gasteiger partial charge is 0.477 e. The number of carbonyl (C=O) groups excluding carboxylic acids is 3. The number of nitrogens with two attached hydrogens (primary N) is 1. The molecule has 3 amide bonds.